The Labute approximate surface area is 89.0 Å². The molecule has 1 amide bonds. The first-order valence-electron chi connectivity index (χ1n) is 4.14. The molecule has 0 aliphatic rings. The zero-order valence-electron chi connectivity index (χ0n) is 7.69. The van der Waals surface area contributed by atoms with Crippen LogP contribution in [0.5, 0.6) is 0 Å². The van der Waals surface area contributed by atoms with Crippen LogP contribution in [0.4, 0.5) is 0 Å². The molecule has 0 saturated carbocycles. The number of aromatic nitrogens is 1. The smallest absolute Gasteiger partial charge is 0.286 e. The molecule has 0 radical (unpaired) electrons. The van der Waals surface area contributed by atoms with Crippen molar-refractivity contribution in [1.82, 2.24) is 5.32 Å². The van der Waals surface area contributed by atoms with Crippen LogP contribution in [0, 0.1) is 0 Å². The molecule has 5 heteroatoms. The highest BCUT2D eigenvalue weighted by Gasteiger charge is 2.06. The second-order valence-electron chi connectivity index (χ2n) is 2.62. The molecule has 1 rings (SSSR count). The fourth-order valence-corrected chi connectivity index (χ4v) is 0.957. The van der Waals surface area contributed by atoms with Crippen LogP contribution in [0.1, 0.15) is 0 Å². The van der Waals surface area contributed by atoms with Gasteiger partial charge in [-0.1, -0.05) is 6.07 Å². The standard InChI is InChI=1S/C9H12N2O2.ClH/c12-7-4-10-9(13)8-11-5-2-1-3-6-11;/h1-3,5-6,12H,4,7-8H2;1H. The van der Waals surface area contributed by atoms with Crippen molar-refractivity contribution in [3.63, 3.8) is 0 Å². The Bertz CT molecular complexity index is 267. The van der Waals surface area contributed by atoms with Gasteiger partial charge in [-0.2, -0.15) is 4.57 Å². The molecule has 0 aliphatic heterocycles. The van der Waals surface area contributed by atoms with E-state index in [4.69, 9.17) is 5.11 Å². The first-order valence-corrected chi connectivity index (χ1v) is 4.14. The van der Waals surface area contributed by atoms with Crippen LogP contribution in [-0.2, 0) is 11.3 Å². The molecule has 0 unspecified atom stereocenters. The van der Waals surface area contributed by atoms with Crippen LogP contribution in [-0.4, -0.2) is 24.2 Å². The van der Waals surface area contributed by atoms with Crippen molar-refractivity contribution in [1.29, 1.82) is 0 Å². The van der Waals surface area contributed by atoms with Gasteiger partial charge in [0.15, 0.2) is 12.4 Å². The molecule has 1 aromatic rings. The number of hydrogen-bond acceptors (Lipinski definition) is 2. The van der Waals surface area contributed by atoms with E-state index in [2.05, 4.69) is 5.32 Å². The van der Waals surface area contributed by atoms with E-state index in [-0.39, 0.29) is 24.9 Å². The third-order valence-electron chi connectivity index (χ3n) is 1.54. The van der Waals surface area contributed by atoms with Gasteiger partial charge in [0.05, 0.1) is 6.61 Å². The number of rotatable bonds is 4. The number of hydrogen-bond donors (Lipinski definition) is 2. The second-order valence-corrected chi connectivity index (χ2v) is 2.62. The number of carbonyl (C=O) groups excluding carboxylic acids is 1. The summed E-state index contributed by atoms with van der Waals surface area (Å²) >= 11 is 0. The average molecular weight is 217 g/mol. The number of aliphatic hydroxyl groups is 1. The molecule has 0 fully saturated rings. The highest BCUT2D eigenvalue weighted by Crippen LogP contribution is 1.76. The fraction of sp³-hybridized carbons (Fsp3) is 0.333. The number of nitrogens with zero attached hydrogens (tertiary/aromatic N) is 1. The summed E-state index contributed by atoms with van der Waals surface area (Å²) in [7, 11) is 0. The van der Waals surface area contributed by atoms with Crippen LogP contribution >= 0.6 is 0 Å². The summed E-state index contributed by atoms with van der Waals surface area (Å²) in [5.41, 5.74) is 0. The monoisotopic (exact) mass is 216 g/mol. The van der Waals surface area contributed by atoms with Crippen molar-refractivity contribution >= 4 is 5.91 Å². The average Bonchev–Trinajstić information content (AvgIpc) is 2.16. The Morgan fingerprint density at radius 3 is 2.50 bits per heavy atom. The lowest BCUT2D eigenvalue weighted by atomic mass is 10.4. The molecule has 4 nitrogen and oxygen atoms in total. The van der Waals surface area contributed by atoms with Crippen LogP contribution in [0.2, 0.25) is 0 Å². The van der Waals surface area contributed by atoms with Crippen molar-refractivity contribution in [2.45, 2.75) is 6.54 Å². The summed E-state index contributed by atoms with van der Waals surface area (Å²) < 4.78 is 1.77. The van der Waals surface area contributed by atoms with Gasteiger partial charge in [0.25, 0.3) is 5.91 Å². The maximum atomic E-state index is 11.1. The van der Waals surface area contributed by atoms with Crippen molar-refractivity contribution in [2.75, 3.05) is 13.2 Å². The van der Waals surface area contributed by atoms with Gasteiger partial charge in [-0.25, -0.2) is 0 Å². The summed E-state index contributed by atoms with van der Waals surface area (Å²) in [6.45, 7) is 0.582. The van der Waals surface area contributed by atoms with E-state index < -0.39 is 0 Å². The molecular weight excluding hydrogens is 204 g/mol. The number of nitrogens with one attached hydrogen (secondary N) is 1. The Balaban J connectivity index is 0.00000169. The number of carbonyl (C=O) groups is 1. The van der Waals surface area contributed by atoms with E-state index in [1.165, 1.54) is 0 Å². The number of pyridine rings is 1. The van der Waals surface area contributed by atoms with Gasteiger partial charge in [-0.05, 0) is 0 Å². The van der Waals surface area contributed by atoms with Crippen molar-refractivity contribution in [3.8, 4) is 0 Å². The van der Waals surface area contributed by atoms with Crippen molar-refractivity contribution in [3.05, 3.63) is 30.6 Å². The Morgan fingerprint density at radius 1 is 1.29 bits per heavy atom. The van der Waals surface area contributed by atoms with E-state index in [0.717, 1.165) is 0 Å². The molecule has 0 bridgehead atoms. The largest absolute Gasteiger partial charge is 1.00 e. The minimum Gasteiger partial charge on any atom is -1.00 e. The van der Waals surface area contributed by atoms with E-state index >= 15 is 0 Å². The van der Waals surface area contributed by atoms with E-state index in [9.17, 15) is 4.79 Å². The zero-order chi connectivity index (χ0) is 9.52. The summed E-state index contributed by atoms with van der Waals surface area (Å²) in [5, 5.41) is 11.0. The summed E-state index contributed by atoms with van der Waals surface area (Å²) in [4.78, 5) is 11.1. The number of amides is 1. The first kappa shape index (κ1) is 12.9. The van der Waals surface area contributed by atoms with Gasteiger partial charge in [0.2, 0.25) is 6.54 Å². The Kier molecular flexibility index (Phi) is 6.70. The van der Waals surface area contributed by atoms with Crippen LogP contribution in [0.15, 0.2) is 30.6 Å². The maximum absolute atomic E-state index is 11.1. The molecule has 1 heterocycles. The number of aliphatic hydroxyl groups excluding tert-OH is 1. The minimum atomic E-state index is -0.0924. The van der Waals surface area contributed by atoms with Gasteiger partial charge >= 0.3 is 0 Å². The van der Waals surface area contributed by atoms with E-state index in [1.807, 2.05) is 30.6 Å². The van der Waals surface area contributed by atoms with Gasteiger partial charge in [-0.3, -0.25) is 4.79 Å². The molecule has 14 heavy (non-hydrogen) atoms. The van der Waals surface area contributed by atoms with E-state index in [1.54, 1.807) is 4.57 Å². The third-order valence-corrected chi connectivity index (χ3v) is 1.54. The lowest BCUT2D eigenvalue weighted by Gasteiger charge is -1.98. The van der Waals surface area contributed by atoms with Crippen molar-refractivity contribution in [2.24, 2.45) is 0 Å². The molecule has 0 spiro atoms. The Morgan fingerprint density at radius 2 is 1.93 bits per heavy atom. The van der Waals surface area contributed by atoms with Gasteiger partial charge in [-0.15, -0.1) is 0 Å². The number of halogens is 1. The van der Waals surface area contributed by atoms with E-state index in [0.29, 0.717) is 13.1 Å². The predicted molar refractivity (Wildman–Crippen MR) is 46.7 cm³/mol. The minimum absolute atomic E-state index is 0. The maximum Gasteiger partial charge on any atom is 0.286 e. The quantitative estimate of drug-likeness (QED) is 0.506. The summed E-state index contributed by atoms with van der Waals surface area (Å²) in [5.74, 6) is -0.0924. The predicted octanol–water partition coefficient (Wildman–Crippen LogP) is -3.91. The second kappa shape index (κ2) is 7.29. The Hall–Kier alpha value is -1.13. The van der Waals surface area contributed by atoms with Gasteiger partial charge in [0.1, 0.15) is 0 Å². The normalized spacial score (nSPS) is 8.93. The van der Waals surface area contributed by atoms with Gasteiger partial charge < -0.3 is 22.8 Å². The van der Waals surface area contributed by atoms with Crippen molar-refractivity contribution < 1.29 is 26.9 Å². The van der Waals surface area contributed by atoms with Crippen LogP contribution < -0.4 is 22.3 Å². The SMILES string of the molecule is O=C(C[n+]1ccccc1)NCCO.[Cl-]. The topological polar surface area (TPSA) is 53.2 Å². The highest BCUT2D eigenvalue weighted by molar-refractivity contribution is 5.74. The molecule has 0 atom stereocenters. The lowest BCUT2D eigenvalue weighted by Crippen LogP contribution is -3.00. The molecule has 78 valence electrons. The summed E-state index contributed by atoms with van der Waals surface area (Å²) in [6.07, 6.45) is 3.64. The molecule has 0 aliphatic carbocycles. The molecule has 0 aromatic carbocycles. The molecule has 2 N–H and O–H groups in total. The molecular formula is C9H13ClN2O2. The molecule has 1 aromatic heterocycles. The zero-order valence-corrected chi connectivity index (χ0v) is 8.44. The summed E-state index contributed by atoms with van der Waals surface area (Å²) in [6, 6.07) is 5.61. The van der Waals surface area contributed by atoms with Gasteiger partial charge in [0, 0.05) is 18.7 Å². The molecule has 0 saturated heterocycles. The van der Waals surface area contributed by atoms with Crippen LogP contribution in [0.3, 0.4) is 0 Å². The fourth-order valence-electron chi connectivity index (χ4n) is 0.957. The highest BCUT2D eigenvalue weighted by atomic mass is 35.5. The van der Waals surface area contributed by atoms with Crippen LogP contribution in [0.25, 0.3) is 0 Å². The lowest BCUT2D eigenvalue weighted by molar-refractivity contribution is -0.684. The first-order chi connectivity index (χ1) is 6.33. The third kappa shape index (κ3) is 4.79.